The predicted molar refractivity (Wildman–Crippen MR) is 97.8 cm³/mol. The minimum absolute atomic E-state index is 0.135. The summed E-state index contributed by atoms with van der Waals surface area (Å²) < 4.78 is 5.66. The minimum Gasteiger partial charge on any atom is -0.431 e. The number of halogens is 1. The lowest BCUT2D eigenvalue weighted by Gasteiger charge is -2.23. The quantitative estimate of drug-likeness (QED) is 0.599. The lowest BCUT2D eigenvalue weighted by Crippen LogP contribution is -2.31. The maximum absolute atomic E-state index is 12.6. The maximum Gasteiger partial charge on any atom is 0.257 e. The Morgan fingerprint density at radius 1 is 1.46 bits per heavy atom. The third kappa shape index (κ3) is 3.18. The first kappa shape index (κ1) is 16.0. The highest BCUT2D eigenvalue weighted by atomic mass is 35.5. The molecule has 1 aliphatic rings. The fourth-order valence-corrected chi connectivity index (χ4v) is 4.75. The smallest absolute Gasteiger partial charge is 0.257 e. The van der Waals surface area contributed by atoms with Gasteiger partial charge in [0.05, 0.1) is 11.8 Å². The second kappa shape index (κ2) is 6.78. The molecule has 2 aromatic heterocycles. The van der Waals surface area contributed by atoms with Crippen molar-refractivity contribution in [1.29, 1.82) is 0 Å². The number of oxazole rings is 1. The number of benzene rings is 1. The molecule has 1 fully saturated rings. The molecule has 0 aliphatic carbocycles. The Balaban J connectivity index is 1.43. The van der Waals surface area contributed by atoms with Crippen LogP contribution in [-0.4, -0.2) is 28.1 Å². The van der Waals surface area contributed by atoms with Crippen LogP contribution in [0.25, 0.3) is 11.1 Å². The van der Waals surface area contributed by atoms with E-state index < -0.39 is 0 Å². The van der Waals surface area contributed by atoms with E-state index in [-0.39, 0.29) is 11.9 Å². The molecule has 1 atom stereocenters. The van der Waals surface area contributed by atoms with Crippen LogP contribution in [0, 0.1) is 0 Å². The SMILES string of the molecule is O=C(CSc1nc2cc(Cl)ccc2o1)N1CCCC1c1cccs1. The third-order valence-corrected chi connectivity index (χ3v) is 6.12. The van der Waals surface area contributed by atoms with E-state index in [1.807, 2.05) is 11.0 Å². The number of rotatable bonds is 4. The van der Waals surface area contributed by atoms with Gasteiger partial charge in [-0.05, 0) is 42.5 Å². The van der Waals surface area contributed by atoms with Gasteiger partial charge in [-0.1, -0.05) is 29.4 Å². The van der Waals surface area contributed by atoms with E-state index >= 15 is 0 Å². The van der Waals surface area contributed by atoms with Crippen molar-refractivity contribution in [1.82, 2.24) is 9.88 Å². The molecule has 0 radical (unpaired) electrons. The topological polar surface area (TPSA) is 46.3 Å². The summed E-state index contributed by atoms with van der Waals surface area (Å²) in [5, 5.41) is 3.20. The molecule has 4 nitrogen and oxygen atoms in total. The lowest BCUT2D eigenvalue weighted by molar-refractivity contribution is -0.129. The first-order valence-corrected chi connectivity index (χ1v) is 9.97. The Bertz CT molecular complexity index is 863. The fourth-order valence-electron chi connectivity index (χ4n) is 2.99. The molecule has 24 heavy (non-hydrogen) atoms. The highest BCUT2D eigenvalue weighted by Gasteiger charge is 2.30. The van der Waals surface area contributed by atoms with Crippen molar-refractivity contribution in [2.24, 2.45) is 0 Å². The van der Waals surface area contributed by atoms with Crippen LogP contribution in [0.1, 0.15) is 23.8 Å². The van der Waals surface area contributed by atoms with Crippen LogP contribution in [-0.2, 0) is 4.79 Å². The molecule has 0 bridgehead atoms. The number of nitrogens with zero attached hydrogens (tertiary/aromatic N) is 2. The van der Waals surface area contributed by atoms with E-state index in [1.165, 1.54) is 16.6 Å². The summed E-state index contributed by atoms with van der Waals surface area (Å²) in [5.41, 5.74) is 1.40. The van der Waals surface area contributed by atoms with E-state index in [0.29, 0.717) is 21.6 Å². The Morgan fingerprint density at radius 3 is 3.21 bits per heavy atom. The van der Waals surface area contributed by atoms with Crippen LogP contribution in [0.15, 0.2) is 45.4 Å². The van der Waals surface area contributed by atoms with Crippen LogP contribution in [0.4, 0.5) is 0 Å². The number of carbonyl (C=O) groups excluding carboxylic acids is 1. The van der Waals surface area contributed by atoms with Gasteiger partial charge < -0.3 is 9.32 Å². The lowest BCUT2D eigenvalue weighted by atomic mass is 10.2. The number of aromatic nitrogens is 1. The van der Waals surface area contributed by atoms with Crippen LogP contribution in [0.5, 0.6) is 0 Å². The van der Waals surface area contributed by atoms with Crippen molar-refractivity contribution >= 4 is 51.7 Å². The normalized spacial score (nSPS) is 17.7. The highest BCUT2D eigenvalue weighted by Crippen LogP contribution is 2.35. The van der Waals surface area contributed by atoms with Gasteiger partial charge in [-0.25, -0.2) is 4.98 Å². The Hall–Kier alpha value is -1.50. The first-order chi connectivity index (χ1) is 11.7. The van der Waals surface area contributed by atoms with Crippen LogP contribution < -0.4 is 0 Å². The van der Waals surface area contributed by atoms with E-state index in [4.69, 9.17) is 16.0 Å². The number of hydrogen-bond acceptors (Lipinski definition) is 5. The number of thioether (sulfide) groups is 1. The molecular formula is C17H15ClN2O2S2. The Labute approximate surface area is 152 Å². The van der Waals surface area contributed by atoms with E-state index in [2.05, 4.69) is 16.4 Å². The molecule has 1 aromatic carbocycles. The van der Waals surface area contributed by atoms with Crippen molar-refractivity contribution < 1.29 is 9.21 Å². The molecule has 3 heterocycles. The standard InChI is InChI=1S/C17H15ClN2O2S2/c18-11-5-6-14-12(9-11)19-17(22-14)24-10-16(21)20-7-1-3-13(20)15-4-2-8-23-15/h2,4-6,8-9,13H,1,3,7,10H2. The van der Waals surface area contributed by atoms with Crippen LogP contribution in [0.2, 0.25) is 5.02 Å². The molecule has 0 saturated carbocycles. The molecular weight excluding hydrogens is 364 g/mol. The summed E-state index contributed by atoms with van der Waals surface area (Å²) in [7, 11) is 0. The Morgan fingerprint density at radius 2 is 2.38 bits per heavy atom. The fraction of sp³-hybridized carbons (Fsp3) is 0.294. The second-order valence-electron chi connectivity index (χ2n) is 5.64. The van der Waals surface area contributed by atoms with E-state index in [0.717, 1.165) is 24.9 Å². The summed E-state index contributed by atoms with van der Waals surface area (Å²) in [6.45, 7) is 0.825. The summed E-state index contributed by atoms with van der Waals surface area (Å²) in [6, 6.07) is 9.70. The molecule has 0 N–H and O–H groups in total. The molecule has 7 heteroatoms. The van der Waals surface area contributed by atoms with Gasteiger partial charge in [-0.3, -0.25) is 4.79 Å². The molecule has 1 aliphatic heterocycles. The number of fused-ring (bicyclic) bond motifs is 1. The third-order valence-electron chi connectivity index (χ3n) is 4.09. The van der Waals surface area contributed by atoms with Crippen LogP contribution in [0.3, 0.4) is 0 Å². The zero-order valence-electron chi connectivity index (χ0n) is 12.8. The zero-order valence-corrected chi connectivity index (χ0v) is 15.2. The van der Waals surface area contributed by atoms with Crippen molar-refractivity contribution in [2.45, 2.75) is 24.1 Å². The molecule has 3 aromatic rings. The van der Waals surface area contributed by atoms with Gasteiger partial charge >= 0.3 is 0 Å². The molecule has 0 spiro atoms. The summed E-state index contributed by atoms with van der Waals surface area (Å²) >= 11 is 9.01. The van der Waals surface area contributed by atoms with Gasteiger partial charge in [0.1, 0.15) is 5.52 Å². The van der Waals surface area contributed by atoms with Gasteiger partial charge in [-0.15, -0.1) is 11.3 Å². The maximum atomic E-state index is 12.6. The molecule has 1 unspecified atom stereocenters. The number of hydrogen-bond donors (Lipinski definition) is 0. The predicted octanol–water partition coefficient (Wildman–Crippen LogP) is 5.00. The first-order valence-electron chi connectivity index (χ1n) is 7.72. The van der Waals surface area contributed by atoms with Gasteiger partial charge in [0.2, 0.25) is 5.91 Å². The number of thiophene rings is 1. The Kier molecular flexibility index (Phi) is 4.52. The van der Waals surface area contributed by atoms with Crippen molar-refractivity contribution in [3.8, 4) is 0 Å². The summed E-state index contributed by atoms with van der Waals surface area (Å²) in [5.74, 6) is 0.471. The van der Waals surface area contributed by atoms with Crippen molar-refractivity contribution in [2.75, 3.05) is 12.3 Å². The monoisotopic (exact) mass is 378 g/mol. The van der Waals surface area contributed by atoms with Crippen LogP contribution >= 0.6 is 34.7 Å². The largest absolute Gasteiger partial charge is 0.431 e. The molecule has 4 rings (SSSR count). The highest BCUT2D eigenvalue weighted by molar-refractivity contribution is 7.99. The van der Waals surface area contributed by atoms with Gasteiger partial charge in [0.15, 0.2) is 5.58 Å². The molecule has 1 amide bonds. The average Bonchev–Trinajstić information content (AvgIpc) is 3.30. The van der Waals surface area contributed by atoms with Crippen molar-refractivity contribution in [3.63, 3.8) is 0 Å². The minimum atomic E-state index is 0.135. The van der Waals surface area contributed by atoms with Gasteiger partial charge in [0.25, 0.3) is 5.22 Å². The van der Waals surface area contributed by atoms with E-state index in [9.17, 15) is 4.79 Å². The molecule has 1 saturated heterocycles. The number of likely N-dealkylation sites (tertiary alicyclic amines) is 1. The number of carbonyl (C=O) groups is 1. The van der Waals surface area contributed by atoms with Crippen molar-refractivity contribution in [3.05, 3.63) is 45.6 Å². The summed E-state index contributed by atoms with van der Waals surface area (Å²) in [4.78, 5) is 20.2. The molecule has 124 valence electrons. The van der Waals surface area contributed by atoms with Gasteiger partial charge in [-0.2, -0.15) is 0 Å². The second-order valence-corrected chi connectivity index (χ2v) is 7.98. The zero-order chi connectivity index (χ0) is 16.5. The summed E-state index contributed by atoms with van der Waals surface area (Å²) in [6.07, 6.45) is 2.10. The van der Waals surface area contributed by atoms with Gasteiger partial charge in [0, 0.05) is 16.4 Å². The van der Waals surface area contributed by atoms with E-state index in [1.54, 1.807) is 29.5 Å². The number of amides is 1. The average molecular weight is 379 g/mol.